The van der Waals surface area contributed by atoms with E-state index in [0.29, 0.717) is 22.9 Å². The van der Waals surface area contributed by atoms with Crippen LogP contribution in [0.3, 0.4) is 0 Å². The van der Waals surface area contributed by atoms with Gasteiger partial charge in [0.05, 0.1) is 0 Å². The van der Waals surface area contributed by atoms with E-state index in [2.05, 4.69) is 13.8 Å². The van der Waals surface area contributed by atoms with Gasteiger partial charge in [-0.3, -0.25) is 9.59 Å². The third kappa shape index (κ3) is 1.55. The average Bonchev–Trinajstić information content (AvgIpc) is 3.18. The molecular formula is C22H30O2. The first-order chi connectivity index (χ1) is 11.3. The van der Waals surface area contributed by atoms with Crippen molar-refractivity contribution in [3.05, 3.63) is 11.6 Å². The Kier molecular flexibility index (Phi) is 2.83. The third-order valence-corrected chi connectivity index (χ3v) is 9.62. The molecule has 0 aliphatic heterocycles. The standard InChI is InChI=1S/C22H30O2/c1-13(23)19-11-15-12-22(15)18-5-4-14-10-16(24)6-8-20(14,2)17(18)7-9-21(19,22)3/h10,15,17-19H,4-9,11-12H2,1-3H3/t15-,17-,18+,19+,20-,21+,22+/m0/s1. The van der Waals surface area contributed by atoms with Crippen LogP contribution < -0.4 is 0 Å². The number of hydrogen-bond donors (Lipinski definition) is 0. The first-order valence-corrected chi connectivity index (χ1v) is 10.1. The Morgan fingerprint density at radius 1 is 1.12 bits per heavy atom. The molecular weight excluding hydrogens is 296 g/mol. The van der Waals surface area contributed by atoms with E-state index in [1.54, 1.807) is 0 Å². The highest BCUT2D eigenvalue weighted by Crippen LogP contribution is 2.84. The lowest BCUT2D eigenvalue weighted by molar-refractivity contribution is -0.132. The highest BCUT2D eigenvalue weighted by molar-refractivity contribution is 5.91. The van der Waals surface area contributed by atoms with E-state index in [1.165, 1.54) is 31.3 Å². The molecule has 2 heteroatoms. The molecule has 0 N–H and O–H groups in total. The summed E-state index contributed by atoms with van der Waals surface area (Å²) in [6.07, 6.45) is 11.2. The normalized spacial score (nSPS) is 55.0. The van der Waals surface area contributed by atoms with E-state index in [1.807, 2.05) is 13.0 Å². The van der Waals surface area contributed by atoms with Crippen molar-refractivity contribution in [2.45, 2.75) is 72.1 Å². The van der Waals surface area contributed by atoms with Crippen molar-refractivity contribution in [1.82, 2.24) is 0 Å². The smallest absolute Gasteiger partial charge is 0.155 e. The maximum atomic E-state index is 12.3. The van der Waals surface area contributed by atoms with E-state index in [0.717, 1.165) is 43.4 Å². The first kappa shape index (κ1) is 15.3. The van der Waals surface area contributed by atoms with Gasteiger partial charge in [-0.1, -0.05) is 19.4 Å². The van der Waals surface area contributed by atoms with Gasteiger partial charge in [-0.25, -0.2) is 0 Å². The molecule has 0 amide bonds. The van der Waals surface area contributed by atoms with Gasteiger partial charge in [0.2, 0.25) is 0 Å². The van der Waals surface area contributed by atoms with Crippen LogP contribution in [0.1, 0.15) is 72.1 Å². The summed E-state index contributed by atoms with van der Waals surface area (Å²) in [7, 11) is 0. The van der Waals surface area contributed by atoms with Gasteiger partial charge < -0.3 is 0 Å². The molecule has 0 aromatic rings. The molecule has 2 nitrogen and oxygen atoms in total. The molecule has 7 atom stereocenters. The molecule has 5 rings (SSSR count). The first-order valence-electron chi connectivity index (χ1n) is 10.1. The van der Waals surface area contributed by atoms with E-state index < -0.39 is 0 Å². The predicted octanol–water partition coefficient (Wildman–Crippen LogP) is 4.72. The molecule has 0 radical (unpaired) electrons. The number of fused-ring (bicyclic) bond motifs is 3. The van der Waals surface area contributed by atoms with Gasteiger partial charge in [0.15, 0.2) is 5.78 Å². The van der Waals surface area contributed by atoms with Crippen LogP contribution in [0.5, 0.6) is 0 Å². The van der Waals surface area contributed by atoms with Crippen LogP contribution in [-0.4, -0.2) is 11.6 Å². The molecule has 0 aromatic heterocycles. The highest BCUT2D eigenvalue weighted by Gasteiger charge is 2.78. The van der Waals surface area contributed by atoms with Crippen LogP contribution in [0.25, 0.3) is 0 Å². The Morgan fingerprint density at radius 2 is 1.92 bits per heavy atom. The lowest BCUT2D eigenvalue weighted by atomic mass is 9.44. The molecule has 5 aliphatic rings. The summed E-state index contributed by atoms with van der Waals surface area (Å²) in [6, 6.07) is 0. The molecule has 1 spiro atoms. The van der Waals surface area contributed by atoms with Crippen LogP contribution in [0.2, 0.25) is 0 Å². The summed E-state index contributed by atoms with van der Waals surface area (Å²) in [5, 5.41) is 0. The van der Waals surface area contributed by atoms with E-state index in [4.69, 9.17) is 0 Å². The molecule has 4 saturated carbocycles. The summed E-state index contributed by atoms with van der Waals surface area (Å²) in [5.74, 6) is 3.45. The molecule has 0 unspecified atom stereocenters. The molecule has 24 heavy (non-hydrogen) atoms. The van der Waals surface area contributed by atoms with Crippen molar-refractivity contribution in [3.8, 4) is 0 Å². The third-order valence-electron chi connectivity index (χ3n) is 9.62. The van der Waals surface area contributed by atoms with Gasteiger partial charge >= 0.3 is 0 Å². The van der Waals surface area contributed by atoms with Gasteiger partial charge in [0, 0.05) is 12.3 Å². The number of carbonyl (C=O) groups excluding carboxylic acids is 2. The highest BCUT2D eigenvalue weighted by atomic mass is 16.1. The Bertz CT molecular complexity index is 675. The summed E-state index contributed by atoms with van der Waals surface area (Å²) in [6.45, 7) is 6.74. The van der Waals surface area contributed by atoms with Crippen LogP contribution in [0.15, 0.2) is 11.6 Å². The topological polar surface area (TPSA) is 34.1 Å². The molecule has 130 valence electrons. The van der Waals surface area contributed by atoms with Crippen molar-refractivity contribution >= 4 is 11.6 Å². The largest absolute Gasteiger partial charge is 0.300 e. The fourth-order valence-electron chi connectivity index (χ4n) is 8.41. The van der Waals surface area contributed by atoms with Gasteiger partial charge in [-0.05, 0) is 91.9 Å². The second kappa shape index (κ2) is 4.43. The maximum absolute atomic E-state index is 12.3. The van der Waals surface area contributed by atoms with Crippen molar-refractivity contribution in [2.24, 2.45) is 39.9 Å². The minimum absolute atomic E-state index is 0.257. The molecule has 0 bridgehead atoms. The molecule has 0 saturated heterocycles. The molecule has 0 heterocycles. The summed E-state index contributed by atoms with van der Waals surface area (Å²) in [4.78, 5) is 24.2. The monoisotopic (exact) mass is 326 g/mol. The lowest BCUT2D eigenvalue weighted by Gasteiger charge is -2.59. The number of Topliss-reactive ketones (excluding diaryl/α,β-unsaturated/α-hetero) is 1. The Balaban J connectivity index is 1.55. The van der Waals surface area contributed by atoms with Crippen LogP contribution in [-0.2, 0) is 9.59 Å². The fourth-order valence-corrected chi connectivity index (χ4v) is 8.41. The molecule has 5 aliphatic carbocycles. The van der Waals surface area contributed by atoms with Gasteiger partial charge in [0.1, 0.15) is 5.78 Å². The number of rotatable bonds is 1. The second-order valence-electron chi connectivity index (χ2n) is 10.1. The Morgan fingerprint density at radius 3 is 2.67 bits per heavy atom. The van der Waals surface area contributed by atoms with Crippen molar-refractivity contribution in [2.75, 3.05) is 0 Å². The molecule has 0 aromatic carbocycles. The Labute approximate surface area is 145 Å². The zero-order valence-electron chi connectivity index (χ0n) is 15.4. The van der Waals surface area contributed by atoms with Crippen LogP contribution in [0.4, 0.5) is 0 Å². The minimum Gasteiger partial charge on any atom is -0.300 e. The van der Waals surface area contributed by atoms with Gasteiger partial charge in [0.25, 0.3) is 0 Å². The zero-order chi connectivity index (χ0) is 16.9. The van der Waals surface area contributed by atoms with Crippen molar-refractivity contribution < 1.29 is 9.59 Å². The van der Waals surface area contributed by atoms with Crippen molar-refractivity contribution in [3.63, 3.8) is 0 Å². The summed E-state index contributed by atoms with van der Waals surface area (Å²) < 4.78 is 0. The minimum atomic E-state index is 0.257. The lowest BCUT2D eigenvalue weighted by Crippen LogP contribution is -2.53. The fraction of sp³-hybridized carbons (Fsp3) is 0.818. The number of carbonyl (C=O) groups is 2. The van der Waals surface area contributed by atoms with E-state index >= 15 is 0 Å². The summed E-state index contributed by atoms with van der Waals surface area (Å²) in [5.41, 5.74) is 2.43. The average molecular weight is 326 g/mol. The van der Waals surface area contributed by atoms with Crippen molar-refractivity contribution in [1.29, 1.82) is 0 Å². The quantitative estimate of drug-likeness (QED) is 0.698. The Hall–Kier alpha value is -0.920. The van der Waals surface area contributed by atoms with Gasteiger partial charge in [-0.2, -0.15) is 0 Å². The van der Waals surface area contributed by atoms with Crippen LogP contribution in [0, 0.1) is 39.9 Å². The predicted molar refractivity (Wildman–Crippen MR) is 93.3 cm³/mol. The van der Waals surface area contributed by atoms with Gasteiger partial charge in [-0.15, -0.1) is 0 Å². The number of allylic oxidation sites excluding steroid dienone is 1. The second-order valence-corrected chi connectivity index (χ2v) is 10.1. The molecule has 4 fully saturated rings. The summed E-state index contributed by atoms with van der Waals surface area (Å²) >= 11 is 0. The number of hydrogen-bond acceptors (Lipinski definition) is 2. The SMILES string of the molecule is CC(=O)[C@H]1C[C@H]2C[C@]23[C@@H]2CCC4=CC(=O)CC[C@]4(C)[C@H]2CC[C@]13C. The zero-order valence-corrected chi connectivity index (χ0v) is 15.4. The van der Waals surface area contributed by atoms with E-state index in [9.17, 15) is 9.59 Å². The maximum Gasteiger partial charge on any atom is 0.155 e. The van der Waals surface area contributed by atoms with E-state index in [-0.39, 0.29) is 10.8 Å². The van der Waals surface area contributed by atoms with Crippen LogP contribution >= 0.6 is 0 Å². The number of ketones is 2.